The molecule has 21 heavy (non-hydrogen) atoms. The van der Waals surface area contributed by atoms with Crippen LogP contribution in [0.15, 0.2) is 46.6 Å². The highest BCUT2D eigenvalue weighted by Crippen LogP contribution is 2.31. The normalized spacial score (nSPS) is 18.2. The minimum atomic E-state index is 0.392. The quantitative estimate of drug-likeness (QED) is 0.660. The lowest BCUT2D eigenvalue weighted by molar-refractivity contribution is 0.764. The molecule has 0 fully saturated rings. The van der Waals surface area contributed by atoms with E-state index in [1.54, 1.807) is 0 Å². The monoisotopic (exact) mass is 302 g/mol. The van der Waals surface area contributed by atoms with Crippen LogP contribution in [0, 0.1) is 5.41 Å². The molecule has 1 atom stereocenters. The molecule has 1 aromatic rings. The lowest BCUT2D eigenvalue weighted by Gasteiger charge is -2.18. The van der Waals surface area contributed by atoms with Gasteiger partial charge in [0, 0.05) is 11.6 Å². The van der Waals surface area contributed by atoms with Gasteiger partial charge in [-0.3, -0.25) is 5.41 Å². The molecule has 0 saturated heterocycles. The van der Waals surface area contributed by atoms with Crippen LogP contribution in [0.5, 0.6) is 0 Å². The van der Waals surface area contributed by atoms with Crippen LogP contribution in [0.3, 0.4) is 0 Å². The summed E-state index contributed by atoms with van der Waals surface area (Å²) in [5.74, 6) is 0.525. The summed E-state index contributed by atoms with van der Waals surface area (Å²) in [7, 11) is 0. The van der Waals surface area contributed by atoms with E-state index in [1.165, 1.54) is 11.8 Å². The Kier molecular flexibility index (Phi) is 4.96. The summed E-state index contributed by atoms with van der Waals surface area (Å²) in [6.45, 7) is 6.27. The Labute approximate surface area is 130 Å². The van der Waals surface area contributed by atoms with Gasteiger partial charge < -0.3 is 16.4 Å². The average Bonchev–Trinajstić information content (AvgIpc) is 2.80. The maximum atomic E-state index is 7.95. The van der Waals surface area contributed by atoms with E-state index in [0.717, 1.165) is 28.9 Å². The van der Waals surface area contributed by atoms with E-state index in [-0.39, 0.29) is 0 Å². The van der Waals surface area contributed by atoms with Crippen LogP contribution in [-0.2, 0) is 0 Å². The standard InChI is InChI=1S/C16H22N4S/c1-4-11(3)19-12-7-5-6-8-13(12)20-15(17)14-10(2)9-21-16(14)18/h5-9,11,18-20H,4,17H2,1-3H3/b15-14+,18-16?. The summed E-state index contributed by atoms with van der Waals surface area (Å²) in [6.07, 6.45) is 1.05. The molecule has 1 aromatic carbocycles. The van der Waals surface area contributed by atoms with Crippen molar-refractivity contribution in [2.45, 2.75) is 33.2 Å². The summed E-state index contributed by atoms with van der Waals surface area (Å²) in [6, 6.07) is 8.38. The first-order valence-corrected chi connectivity index (χ1v) is 7.96. The molecule has 112 valence electrons. The maximum absolute atomic E-state index is 7.95. The topological polar surface area (TPSA) is 73.9 Å². The summed E-state index contributed by atoms with van der Waals surface area (Å²) in [5, 5.41) is 17.1. The van der Waals surface area contributed by atoms with Crippen LogP contribution in [-0.4, -0.2) is 11.1 Å². The van der Waals surface area contributed by atoms with E-state index in [1.807, 2.05) is 36.6 Å². The lowest BCUT2D eigenvalue weighted by Crippen LogP contribution is -2.18. The van der Waals surface area contributed by atoms with Gasteiger partial charge in [0.05, 0.1) is 11.4 Å². The molecule has 0 spiro atoms. The summed E-state index contributed by atoms with van der Waals surface area (Å²) >= 11 is 1.40. The fraction of sp³-hybridized carbons (Fsp3) is 0.312. The Balaban J connectivity index is 2.26. The summed E-state index contributed by atoms with van der Waals surface area (Å²) in [4.78, 5) is 0. The van der Waals surface area contributed by atoms with Gasteiger partial charge in [-0.15, -0.1) is 0 Å². The largest absolute Gasteiger partial charge is 0.385 e. The summed E-state index contributed by atoms with van der Waals surface area (Å²) in [5.41, 5.74) is 9.94. The molecule has 1 heterocycles. The molecule has 0 bridgehead atoms. The van der Waals surface area contributed by atoms with E-state index in [2.05, 4.69) is 24.5 Å². The predicted molar refractivity (Wildman–Crippen MR) is 93.7 cm³/mol. The van der Waals surface area contributed by atoms with Crippen LogP contribution in [0.1, 0.15) is 27.2 Å². The van der Waals surface area contributed by atoms with Gasteiger partial charge in [0.2, 0.25) is 0 Å². The number of nitrogens with two attached hydrogens (primary N) is 1. The zero-order valence-corrected chi connectivity index (χ0v) is 13.5. The van der Waals surface area contributed by atoms with Gasteiger partial charge in [-0.1, -0.05) is 30.8 Å². The van der Waals surface area contributed by atoms with E-state index in [9.17, 15) is 0 Å². The van der Waals surface area contributed by atoms with Crippen molar-refractivity contribution in [3.8, 4) is 0 Å². The van der Waals surface area contributed by atoms with Gasteiger partial charge >= 0.3 is 0 Å². The van der Waals surface area contributed by atoms with Crippen LogP contribution in [0.25, 0.3) is 0 Å². The minimum absolute atomic E-state index is 0.392. The second-order valence-electron chi connectivity index (χ2n) is 5.16. The second kappa shape index (κ2) is 6.72. The molecule has 1 aliphatic heterocycles. The molecule has 1 unspecified atom stereocenters. The zero-order valence-electron chi connectivity index (χ0n) is 12.7. The van der Waals surface area contributed by atoms with Crippen molar-refractivity contribution < 1.29 is 0 Å². The number of thioether (sulfide) groups is 1. The molecule has 4 nitrogen and oxygen atoms in total. The number of rotatable bonds is 5. The van der Waals surface area contributed by atoms with Gasteiger partial charge in [-0.2, -0.15) is 0 Å². The van der Waals surface area contributed by atoms with Gasteiger partial charge in [0.15, 0.2) is 0 Å². The molecular formula is C16H22N4S. The molecule has 0 amide bonds. The highest BCUT2D eigenvalue weighted by Gasteiger charge is 2.18. The van der Waals surface area contributed by atoms with Crippen molar-refractivity contribution in [3.05, 3.63) is 46.6 Å². The molecule has 0 radical (unpaired) electrons. The fourth-order valence-electron chi connectivity index (χ4n) is 2.07. The maximum Gasteiger partial charge on any atom is 0.111 e. The van der Waals surface area contributed by atoms with Gasteiger partial charge in [-0.25, -0.2) is 0 Å². The van der Waals surface area contributed by atoms with Crippen molar-refractivity contribution in [2.75, 3.05) is 10.6 Å². The van der Waals surface area contributed by atoms with Crippen LogP contribution in [0.2, 0.25) is 0 Å². The highest BCUT2D eigenvalue weighted by molar-refractivity contribution is 8.17. The molecule has 0 saturated carbocycles. The first-order chi connectivity index (χ1) is 10.0. The second-order valence-corrected chi connectivity index (χ2v) is 6.04. The Morgan fingerprint density at radius 1 is 1.33 bits per heavy atom. The first-order valence-electron chi connectivity index (χ1n) is 7.08. The van der Waals surface area contributed by atoms with Gasteiger partial charge in [0.25, 0.3) is 0 Å². The molecule has 5 N–H and O–H groups in total. The number of anilines is 2. The lowest BCUT2D eigenvalue weighted by atomic mass is 10.1. The van der Waals surface area contributed by atoms with E-state index < -0.39 is 0 Å². The minimum Gasteiger partial charge on any atom is -0.385 e. The van der Waals surface area contributed by atoms with Gasteiger partial charge in [-0.05, 0) is 43.4 Å². The fourth-order valence-corrected chi connectivity index (χ4v) is 2.87. The van der Waals surface area contributed by atoms with Crippen molar-refractivity contribution >= 4 is 28.2 Å². The Morgan fingerprint density at radius 2 is 2.00 bits per heavy atom. The Morgan fingerprint density at radius 3 is 2.57 bits per heavy atom. The molecule has 1 aliphatic rings. The third-order valence-corrected chi connectivity index (χ3v) is 4.37. The number of hydrogen-bond acceptors (Lipinski definition) is 5. The van der Waals surface area contributed by atoms with E-state index in [0.29, 0.717) is 16.9 Å². The number of allylic oxidation sites excluding steroid dienone is 1. The smallest absolute Gasteiger partial charge is 0.111 e. The van der Waals surface area contributed by atoms with Crippen LogP contribution in [0.4, 0.5) is 11.4 Å². The van der Waals surface area contributed by atoms with Crippen molar-refractivity contribution in [3.63, 3.8) is 0 Å². The molecule has 0 aliphatic carbocycles. The summed E-state index contributed by atoms with van der Waals surface area (Å²) < 4.78 is 0. The Hall–Kier alpha value is -1.88. The Bertz CT molecular complexity index is 604. The first kappa shape index (κ1) is 15.5. The van der Waals surface area contributed by atoms with Crippen LogP contribution >= 0.6 is 11.8 Å². The van der Waals surface area contributed by atoms with Crippen molar-refractivity contribution in [1.29, 1.82) is 5.41 Å². The number of benzene rings is 1. The number of hydrogen-bond donors (Lipinski definition) is 4. The van der Waals surface area contributed by atoms with Crippen molar-refractivity contribution in [2.24, 2.45) is 5.73 Å². The number of nitrogens with one attached hydrogen (secondary N) is 3. The van der Waals surface area contributed by atoms with Crippen molar-refractivity contribution in [1.82, 2.24) is 0 Å². The average molecular weight is 302 g/mol. The predicted octanol–water partition coefficient (Wildman–Crippen LogP) is 4.11. The molecule has 2 rings (SSSR count). The van der Waals surface area contributed by atoms with E-state index >= 15 is 0 Å². The third-order valence-electron chi connectivity index (χ3n) is 3.45. The van der Waals surface area contributed by atoms with Crippen LogP contribution < -0.4 is 16.4 Å². The molecular weight excluding hydrogens is 280 g/mol. The number of para-hydroxylation sites is 2. The third kappa shape index (κ3) is 3.61. The SMILES string of the molecule is CCC(C)Nc1ccccc1N/C(N)=C1/C(=N)SC=C1C. The highest BCUT2D eigenvalue weighted by atomic mass is 32.2. The molecule has 0 aromatic heterocycles. The van der Waals surface area contributed by atoms with Gasteiger partial charge in [0.1, 0.15) is 10.9 Å². The zero-order chi connectivity index (χ0) is 15.4. The molecule has 5 heteroatoms. The van der Waals surface area contributed by atoms with E-state index in [4.69, 9.17) is 11.1 Å².